The Labute approximate surface area is 140 Å². The molecule has 118 valence electrons. The fourth-order valence-corrected chi connectivity index (χ4v) is 3.33. The lowest BCUT2D eigenvalue weighted by Crippen LogP contribution is -2.16. The van der Waals surface area contributed by atoms with E-state index < -0.39 is 0 Å². The molecule has 23 heavy (non-hydrogen) atoms. The standard InChI is InChI=1S/C19H19FN2S/c1-14-4-2-6-16(10-14)18-12-22-19(23-18)13-21-9-8-15-5-3-7-17(20)11-15/h2-7,10-12,21H,8-9,13H2,1H3. The Bertz CT molecular complexity index is 782. The summed E-state index contributed by atoms with van der Waals surface area (Å²) in [7, 11) is 0. The highest BCUT2D eigenvalue weighted by Crippen LogP contribution is 2.26. The number of nitrogens with one attached hydrogen (secondary N) is 1. The minimum absolute atomic E-state index is 0.176. The molecule has 0 aliphatic carbocycles. The van der Waals surface area contributed by atoms with Crippen LogP contribution in [0.1, 0.15) is 16.1 Å². The largest absolute Gasteiger partial charge is 0.310 e. The van der Waals surface area contributed by atoms with Gasteiger partial charge < -0.3 is 5.32 Å². The second-order valence-electron chi connectivity index (χ2n) is 5.54. The molecule has 0 saturated carbocycles. The highest BCUT2D eigenvalue weighted by atomic mass is 32.1. The molecule has 0 amide bonds. The highest BCUT2D eigenvalue weighted by Gasteiger charge is 2.04. The fraction of sp³-hybridized carbons (Fsp3) is 0.211. The molecule has 0 bridgehead atoms. The van der Waals surface area contributed by atoms with E-state index in [1.54, 1.807) is 23.5 Å². The predicted molar refractivity (Wildman–Crippen MR) is 94.1 cm³/mol. The van der Waals surface area contributed by atoms with E-state index in [1.165, 1.54) is 22.1 Å². The van der Waals surface area contributed by atoms with Crippen LogP contribution in [0.2, 0.25) is 0 Å². The van der Waals surface area contributed by atoms with Crippen LogP contribution in [0, 0.1) is 12.7 Å². The molecule has 2 aromatic carbocycles. The Morgan fingerprint density at radius 1 is 1.13 bits per heavy atom. The minimum Gasteiger partial charge on any atom is -0.310 e. The molecule has 0 radical (unpaired) electrons. The first kappa shape index (κ1) is 15.8. The van der Waals surface area contributed by atoms with Crippen molar-refractivity contribution in [3.05, 3.63) is 76.7 Å². The van der Waals surface area contributed by atoms with Crippen LogP contribution in [0.25, 0.3) is 10.4 Å². The third kappa shape index (κ3) is 4.47. The van der Waals surface area contributed by atoms with E-state index in [9.17, 15) is 4.39 Å². The molecule has 0 fully saturated rings. The van der Waals surface area contributed by atoms with E-state index in [0.29, 0.717) is 0 Å². The van der Waals surface area contributed by atoms with Crippen LogP contribution in [0.15, 0.2) is 54.7 Å². The topological polar surface area (TPSA) is 24.9 Å². The molecule has 1 N–H and O–H groups in total. The van der Waals surface area contributed by atoms with Crippen molar-refractivity contribution in [2.24, 2.45) is 0 Å². The van der Waals surface area contributed by atoms with Crippen molar-refractivity contribution >= 4 is 11.3 Å². The first-order chi connectivity index (χ1) is 11.2. The van der Waals surface area contributed by atoms with Gasteiger partial charge in [-0.25, -0.2) is 9.37 Å². The van der Waals surface area contributed by atoms with Gasteiger partial charge in [0.05, 0.1) is 4.88 Å². The average molecular weight is 326 g/mol. The summed E-state index contributed by atoms with van der Waals surface area (Å²) >= 11 is 1.71. The number of hydrogen-bond acceptors (Lipinski definition) is 3. The van der Waals surface area contributed by atoms with Gasteiger partial charge >= 0.3 is 0 Å². The van der Waals surface area contributed by atoms with E-state index >= 15 is 0 Å². The Hall–Kier alpha value is -2.04. The molecule has 0 aliphatic rings. The lowest BCUT2D eigenvalue weighted by atomic mass is 10.1. The lowest BCUT2D eigenvalue weighted by molar-refractivity contribution is 0.622. The van der Waals surface area contributed by atoms with Crippen molar-refractivity contribution in [2.45, 2.75) is 19.9 Å². The first-order valence-electron chi connectivity index (χ1n) is 7.67. The molecule has 0 aliphatic heterocycles. The van der Waals surface area contributed by atoms with Crippen LogP contribution in [0.5, 0.6) is 0 Å². The number of nitrogens with zero attached hydrogens (tertiary/aromatic N) is 1. The number of thiazole rings is 1. The summed E-state index contributed by atoms with van der Waals surface area (Å²) in [6.07, 6.45) is 2.75. The molecule has 2 nitrogen and oxygen atoms in total. The molecule has 3 rings (SSSR count). The molecule has 1 heterocycles. The van der Waals surface area contributed by atoms with E-state index in [0.717, 1.165) is 30.1 Å². The number of benzene rings is 2. The zero-order chi connectivity index (χ0) is 16.1. The van der Waals surface area contributed by atoms with Crippen LogP contribution in [0.4, 0.5) is 4.39 Å². The SMILES string of the molecule is Cc1cccc(-c2cnc(CNCCc3cccc(F)c3)s2)c1. The van der Waals surface area contributed by atoms with Crippen molar-refractivity contribution in [3.8, 4) is 10.4 Å². The summed E-state index contributed by atoms with van der Waals surface area (Å²) in [5.74, 6) is -0.176. The maximum absolute atomic E-state index is 13.1. The number of aryl methyl sites for hydroxylation is 1. The third-order valence-corrected chi connectivity index (χ3v) is 4.66. The molecule has 4 heteroatoms. The van der Waals surface area contributed by atoms with Crippen molar-refractivity contribution in [1.29, 1.82) is 0 Å². The van der Waals surface area contributed by atoms with Gasteiger partial charge in [-0.15, -0.1) is 11.3 Å². The molecule has 1 aromatic heterocycles. The quantitative estimate of drug-likeness (QED) is 0.670. The minimum atomic E-state index is -0.176. The Morgan fingerprint density at radius 2 is 2.00 bits per heavy atom. The molecule has 0 unspecified atom stereocenters. The van der Waals surface area contributed by atoms with Gasteiger partial charge in [0.2, 0.25) is 0 Å². The maximum atomic E-state index is 13.1. The van der Waals surface area contributed by atoms with Gasteiger partial charge in [-0.3, -0.25) is 0 Å². The third-order valence-electron chi connectivity index (χ3n) is 3.61. The van der Waals surface area contributed by atoms with Gasteiger partial charge in [0.1, 0.15) is 10.8 Å². The van der Waals surface area contributed by atoms with Crippen molar-refractivity contribution in [2.75, 3.05) is 6.54 Å². The first-order valence-corrected chi connectivity index (χ1v) is 8.49. The highest BCUT2D eigenvalue weighted by molar-refractivity contribution is 7.15. The monoisotopic (exact) mass is 326 g/mol. The van der Waals surface area contributed by atoms with E-state index in [1.807, 2.05) is 12.3 Å². The number of rotatable bonds is 6. The van der Waals surface area contributed by atoms with Gasteiger partial charge in [0.15, 0.2) is 0 Å². The summed E-state index contributed by atoms with van der Waals surface area (Å²) in [4.78, 5) is 5.67. The van der Waals surface area contributed by atoms with Gasteiger partial charge in [0, 0.05) is 12.7 Å². The van der Waals surface area contributed by atoms with Crippen molar-refractivity contribution < 1.29 is 4.39 Å². The predicted octanol–water partition coefficient (Wildman–Crippen LogP) is 4.59. The number of hydrogen-bond donors (Lipinski definition) is 1. The molecular weight excluding hydrogens is 307 g/mol. The van der Waals surface area contributed by atoms with E-state index in [4.69, 9.17) is 0 Å². The maximum Gasteiger partial charge on any atom is 0.123 e. The number of aromatic nitrogens is 1. The number of halogens is 1. The lowest BCUT2D eigenvalue weighted by Gasteiger charge is -2.03. The van der Waals surface area contributed by atoms with E-state index in [2.05, 4.69) is 41.5 Å². The zero-order valence-electron chi connectivity index (χ0n) is 13.1. The van der Waals surface area contributed by atoms with Crippen molar-refractivity contribution in [1.82, 2.24) is 10.3 Å². The van der Waals surface area contributed by atoms with Crippen molar-refractivity contribution in [3.63, 3.8) is 0 Å². The van der Waals surface area contributed by atoms with Crippen LogP contribution in [-0.2, 0) is 13.0 Å². The fourth-order valence-electron chi connectivity index (χ4n) is 2.44. The van der Waals surface area contributed by atoms with Gasteiger partial charge in [0.25, 0.3) is 0 Å². The summed E-state index contributed by atoms with van der Waals surface area (Å²) in [6, 6.07) is 15.2. The summed E-state index contributed by atoms with van der Waals surface area (Å²) in [5, 5.41) is 4.44. The van der Waals surface area contributed by atoms with Gasteiger partial charge in [-0.1, -0.05) is 42.0 Å². The van der Waals surface area contributed by atoms with Gasteiger partial charge in [-0.05, 0) is 43.1 Å². The van der Waals surface area contributed by atoms with Crippen LogP contribution >= 0.6 is 11.3 Å². The second kappa shape index (κ2) is 7.49. The molecule has 0 spiro atoms. The van der Waals surface area contributed by atoms with Gasteiger partial charge in [-0.2, -0.15) is 0 Å². The average Bonchev–Trinajstić information content (AvgIpc) is 3.01. The second-order valence-corrected chi connectivity index (χ2v) is 6.66. The Morgan fingerprint density at radius 3 is 2.83 bits per heavy atom. The molecular formula is C19H19FN2S. The summed E-state index contributed by atoms with van der Waals surface area (Å²) < 4.78 is 13.1. The smallest absolute Gasteiger partial charge is 0.123 e. The van der Waals surface area contributed by atoms with E-state index in [-0.39, 0.29) is 5.82 Å². The summed E-state index contributed by atoms with van der Waals surface area (Å²) in [5.41, 5.74) is 3.48. The molecule has 3 aromatic rings. The zero-order valence-corrected chi connectivity index (χ0v) is 13.9. The normalized spacial score (nSPS) is 10.9. The summed E-state index contributed by atoms with van der Waals surface area (Å²) in [6.45, 7) is 3.65. The molecule has 0 saturated heterocycles. The van der Waals surface area contributed by atoms with Crippen LogP contribution in [0.3, 0.4) is 0 Å². The Kier molecular flexibility index (Phi) is 5.16. The van der Waals surface area contributed by atoms with Crippen LogP contribution in [-0.4, -0.2) is 11.5 Å². The van der Waals surface area contributed by atoms with Crippen LogP contribution < -0.4 is 5.32 Å². The molecule has 0 atom stereocenters. The Balaban J connectivity index is 1.51.